The van der Waals surface area contributed by atoms with Crippen molar-refractivity contribution >= 4 is 23.8 Å². The van der Waals surface area contributed by atoms with Gasteiger partial charge in [-0.3, -0.25) is 24.6 Å². The molecule has 2 heterocycles. The van der Waals surface area contributed by atoms with Crippen molar-refractivity contribution in [1.82, 2.24) is 15.1 Å². The van der Waals surface area contributed by atoms with Gasteiger partial charge in [0.15, 0.2) is 0 Å². The first-order valence-electron chi connectivity index (χ1n) is 11.2. The number of hydrogen-bond acceptors (Lipinski definition) is 4. The van der Waals surface area contributed by atoms with Crippen LogP contribution in [0.25, 0.3) is 0 Å². The maximum atomic E-state index is 13.7. The third-order valence-electron chi connectivity index (χ3n) is 6.79. The van der Waals surface area contributed by atoms with Crippen LogP contribution in [0.2, 0.25) is 0 Å². The Labute approximate surface area is 186 Å². The number of imide groups is 2. The number of carbonyl (C=O) groups excluding carboxylic acids is 4. The molecule has 0 radical (unpaired) electrons. The van der Waals surface area contributed by atoms with Gasteiger partial charge < -0.3 is 4.90 Å². The second-order valence-corrected chi connectivity index (χ2v) is 8.72. The predicted octanol–water partition coefficient (Wildman–Crippen LogP) is 3.41. The van der Waals surface area contributed by atoms with Crippen molar-refractivity contribution in [2.24, 2.45) is 5.92 Å². The van der Waals surface area contributed by atoms with E-state index in [1.165, 1.54) is 4.90 Å². The van der Waals surface area contributed by atoms with Crippen molar-refractivity contribution in [2.45, 2.75) is 50.7 Å². The van der Waals surface area contributed by atoms with Crippen molar-refractivity contribution in [3.8, 4) is 0 Å². The molecule has 0 spiro atoms. The first-order valence-corrected chi connectivity index (χ1v) is 11.2. The molecule has 1 aliphatic carbocycles. The summed E-state index contributed by atoms with van der Waals surface area (Å²) >= 11 is 0. The number of nitrogens with zero attached hydrogens (tertiary/aromatic N) is 2. The van der Waals surface area contributed by atoms with Crippen LogP contribution in [0.15, 0.2) is 54.6 Å². The first kappa shape index (κ1) is 20.4. The standard InChI is InChI=1S/C25H25N3O4/c29-22-20(24(31)28(25(32)26-22)17-11-5-2-6-12-17)21-18-13-7-8-14-19(18)23(30)27(21)15-16-9-3-1-4-10-16/h1,3-4,7-10,13-14,17,20-21H,2,5-6,11-12,15H2,(H,26,29,32)/t20-,21-/m0/s1. The summed E-state index contributed by atoms with van der Waals surface area (Å²) < 4.78 is 0. The molecule has 0 unspecified atom stereocenters. The Morgan fingerprint density at radius 1 is 0.844 bits per heavy atom. The third kappa shape index (κ3) is 3.38. The molecule has 7 nitrogen and oxygen atoms in total. The number of carbonyl (C=O) groups is 4. The van der Waals surface area contributed by atoms with E-state index in [0.29, 0.717) is 11.1 Å². The topological polar surface area (TPSA) is 86.8 Å². The molecule has 164 valence electrons. The fourth-order valence-electron chi connectivity index (χ4n) is 5.28. The van der Waals surface area contributed by atoms with Crippen molar-refractivity contribution in [2.75, 3.05) is 0 Å². The molecule has 5 amide bonds. The number of amides is 5. The van der Waals surface area contributed by atoms with Crippen molar-refractivity contribution in [1.29, 1.82) is 0 Å². The minimum absolute atomic E-state index is 0.207. The quantitative estimate of drug-likeness (QED) is 0.752. The maximum Gasteiger partial charge on any atom is 0.331 e. The van der Waals surface area contributed by atoms with E-state index in [9.17, 15) is 19.2 Å². The fourth-order valence-corrected chi connectivity index (χ4v) is 5.28. The van der Waals surface area contributed by atoms with E-state index in [-0.39, 0.29) is 18.5 Å². The van der Waals surface area contributed by atoms with Gasteiger partial charge in [0.2, 0.25) is 11.8 Å². The van der Waals surface area contributed by atoms with Gasteiger partial charge in [-0.2, -0.15) is 0 Å². The van der Waals surface area contributed by atoms with Crippen LogP contribution in [0.1, 0.15) is 59.6 Å². The summed E-state index contributed by atoms with van der Waals surface area (Å²) in [6.45, 7) is 0.271. The Morgan fingerprint density at radius 3 is 2.28 bits per heavy atom. The molecular formula is C25H25N3O4. The van der Waals surface area contributed by atoms with Crippen LogP contribution < -0.4 is 5.32 Å². The Bertz CT molecular complexity index is 1080. The van der Waals surface area contributed by atoms with Crippen molar-refractivity contribution < 1.29 is 19.2 Å². The van der Waals surface area contributed by atoms with Gasteiger partial charge in [0.1, 0.15) is 5.92 Å². The zero-order valence-corrected chi connectivity index (χ0v) is 17.7. The smallest absolute Gasteiger partial charge is 0.326 e. The molecule has 5 rings (SSSR count). The molecule has 1 N–H and O–H groups in total. The summed E-state index contributed by atoms with van der Waals surface area (Å²) in [4.78, 5) is 55.5. The molecule has 0 aromatic heterocycles. The monoisotopic (exact) mass is 431 g/mol. The van der Waals surface area contributed by atoms with Gasteiger partial charge in [0.05, 0.1) is 6.04 Å². The van der Waals surface area contributed by atoms with E-state index in [1.54, 1.807) is 29.2 Å². The van der Waals surface area contributed by atoms with Gasteiger partial charge in [0.25, 0.3) is 5.91 Å². The third-order valence-corrected chi connectivity index (χ3v) is 6.79. The van der Waals surface area contributed by atoms with E-state index in [0.717, 1.165) is 37.7 Å². The lowest BCUT2D eigenvalue weighted by Crippen LogP contribution is -2.63. The Kier molecular flexibility index (Phi) is 5.25. The number of benzene rings is 2. The van der Waals surface area contributed by atoms with Gasteiger partial charge in [-0.15, -0.1) is 0 Å². The Balaban J connectivity index is 1.54. The van der Waals surface area contributed by atoms with E-state index in [1.807, 2.05) is 30.3 Å². The number of hydrogen-bond donors (Lipinski definition) is 1. The molecule has 2 fully saturated rings. The first-order chi connectivity index (χ1) is 15.6. The molecule has 2 aromatic rings. The summed E-state index contributed by atoms with van der Waals surface area (Å²) in [6.07, 6.45) is 4.47. The van der Waals surface area contributed by atoms with Crippen LogP contribution in [0.5, 0.6) is 0 Å². The number of fused-ring (bicyclic) bond motifs is 1. The average Bonchev–Trinajstić information content (AvgIpc) is 3.07. The largest absolute Gasteiger partial charge is 0.331 e. The van der Waals surface area contributed by atoms with Gasteiger partial charge in [0, 0.05) is 18.2 Å². The normalized spacial score (nSPS) is 24.0. The fraction of sp³-hybridized carbons (Fsp3) is 0.360. The van der Waals surface area contributed by atoms with Crippen LogP contribution in [0.3, 0.4) is 0 Å². The molecule has 2 atom stereocenters. The molecule has 3 aliphatic rings. The summed E-state index contributed by atoms with van der Waals surface area (Å²) in [6, 6.07) is 15.0. The molecule has 0 bridgehead atoms. The summed E-state index contributed by atoms with van der Waals surface area (Å²) in [5.41, 5.74) is 2.05. The lowest BCUT2D eigenvalue weighted by Gasteiger charge is -2.40. The highest BCUT2D eigenvalue weighted by Gasteiger charge is 2.53. The lowest BCUT2D eigenvalue weighted by molar-refractivity contribution is -0.147. The molecule has 2 aliphatic heterocycles. The molecular weight excluding hydrogens is 406 g/mol. The van der Waals surface area contributed by atoms with E-state index < -0.39 is 29.8 Å². The summed E-state index contributed by atoms with van der Waals surface area (Å²) in [5, 5.41) is 2.40. The van der Waals surface area contributed by atoms with Gasteiger partial charge in [-0.05, 0) is 30.0 Å². The minimum atomic E-state index is -1.16. The highest BCUT2D eigenvalue weighted by molar-refractivity contribution is 6.17. The minimum Gasteiger partial charge on any atom is -0.326 e. The van der Waals surface area contributed by atoms with Crippen LogP contribution in [-0.2, 0) is 16.1 Å². The van der Waals surface area contributed by atoms with Gasteiger partial charge in [-0.25, -0.2) is 4.79 Å². The zero-order chi connectivity index (χ0) is 22.2. The molecule has 32 heavy (non-hydrogen) atoms. The number of urea groups is 1. The van der Waals surface area contributed by atoms with E-state index in [4.69, 9.17) is 0 Å². The molecule has 2 aromatic carbocycles. The number of barbiturate groups is 1. The van der Waals surface area contributed by atoms with Crippen LogP contribution in [-0.4, -0.2) is 39.6 Å². The molecule has 7 heteroatoms. The molecule has 1 saturated carbocycles. The highest BCUT2D eigenvalue weighted by Crippen LogP contribution is 2.42. The number of rotatable bonds is 4. The average molecular weight is 431 g/mol. The predicted molar refractivity (Wildman–Crippen MR) is 116 cm³/mol. The van der Waals surface area contributed by atoms with Crippen molar-refractivity contribution in [3.63, 3.8) is 0 Å². The van der Waals surface area contributed by atoms with E-state index >= 15 is 0 Å². The Hall–Kier alpha value is -3.48. The molecule has 1 saturated heterocycles. The Morgan fingerprint density at radius 2 is 1.53 bits per heavy atom. The maximum absolute atomic E-state index is 13.7. The van der Waals surface area contributed by atoms with Crippen LogP contribution in [0.4, 0.5) is 4.79 Å². The lowest BCUT2D eigenvalue weighted by atomic mass is 9.87. The summed E-state index contributed by atoms with van der Waals surface area (Å²) in [7, 11) is 0. The second-order valence-electron chi connectivity index (χ2n) is 8.72. The van der Waals surface area contributed by atoms with E-state index in [2.05, 4.69) is 5.32 Å². The van der Waals surface area contributed by atoms with Crippen molar-refractivity contribution in [3.05, 3.63) is 71.3 Å². The van der Waals surface area contributed by atoms with Gasteiger partial charge >= 0.3 is 6.03 Å². The number of nitrogens with one attached hydrogen (secondary N) is 1. The highest BCUT2D eigenvalue weighted by atomic mass is 16.2. The SMILES string of the molecule is O=C1NC(=O)N(C2CCCCC2)C(=O)[C@H]1[C@@H]1c2ccccc2C(=O)N1Cc1ccccc1. The zero-order valence-electron chi connectivity index (χ0n) is 17.7. The van der Waals surface area contributed by atoms with Crippen LogP contribution in [0, 0.1) is 5.92 Å². The summed E-state index contributed by atoms with van der Waals surface area (Å²) in [5.74, 6) is -2.51. The van der Waals surface area contributed by atoms with Gasteiger partial charge in [-0.1, -0.05) is 67.8 Å². The second kappa shape index (κ2) is 8.22. The van der Waals surface area contributed by atoms with Crippen LogP contribution >= 0.6 is 0 Å².